The lowest BCUT2D eigenvalue weighted by atomic mass is 9.83. The maximum absolute atomic E-state index is 9.72. The minimum Gasteiger partial charge on any atom is -0.308 e. The maximum Gasteiger partial charge on any atom is 0.238 e. The van der Waals surface area contributed by atoms with Gasteiger partial charge in [0.25, 0.3) is 0 Å². The molecule has 0 radical (unpaired) electrons. The highest BCUT2D eigenvalue weighted by atomic mass is 15.2. The van der Waals surface area contributed by atoms with Gasteiger partial charge < -0.3 is 4.40 Å². The van der Waals surface area contributed by atoms with Crippen LogP contribution in [-0.4, -0.2) is 23.9 Å². The van der Waals surface area contributed by atoms with E-state index in [0.29, 0.717) is 22.2 Å². The van der Waals surface area contributed by atoms with Crippen molar-refractivity contribution in [1.29, 1.82) is 0 Å². The topological polar surface area (TPSA) is 48.0 Å². The third-order valence-corrected chi connectivity index (χ3v) is 10.7. The first kappa shape index (κ1) is 20.2. The standard InChI is InChI=1S/C51H37N5/c1-2-15-32(16-3-1)33-17-14-18-34(31-33)49-52-50(54-51(53-49)56-44-26-11-6-20-36(44)37-21-7-12-27-45(37)56)41-23-5-4-19-35(41)39-29-30-40-38-22-8-10-25-43(38)55-46-28-13-9-24-42(46)47(39)48(40)55/h4-14,17-32H,1-3,15-16H2/i1D2,2D2,3D2,14D,15D2,16D2,17D,18D,31D,32D. The summed E-state index contributed by atoms with van der Waals surface area (Å²) in [4.78, 5) is 14.9. The molecule has 1 aliphatic carbocycles. The SMILES string of the molecule is [2H]c1c([2H])c(-c2nc(-c3ccccc3-c3ccc4c5ccccc5n5c6ccccc6c3c45)nc(-n3c4ccccc4c4ccccc43)n2)c([2H])c(C2([2H])C([2H])([2H])C([2H])([2H])C([2H])([2H])C([2H])([2H])C2([2H])[2H])c1[2H]. The fraction of sp³-hybridized carbons (Fsp3) is 0.118. The van der Waals surface area contributed by atoms with Gasteiger partial charge in [0, 0.05) is 58.5 Å². The first-order chi connectivity index (χ1) is 33.6. The molecule has 5 nitrogen and oxygen atoms in total. The summed E-state index contributed by atoms with van der Waals surface area (Å²) in [7, 11) is 0. The van der Waals surface area contributed by atoms with E-state index in [0.717, 1.165) is 54.4 Å². The van der Waals surface area contributed by atoms with Crippen molar-refractivity contribution < 1.29 is 20.6 Å². The van der Waals surface area contributed by atoms with Crippen molar-refractivity contribution in [3.63, 3.8) is 0 Å². The van der Waals surface area contributed by atoms with E-state index in [1.54, 1.807) is 16.7 Å². The molecule has 56 heavy (non-hydrogen) atoms. The van der Waals surface area contributed by atoms with Gasteiger partial charge in [-0.15, -0.1) is 0 Å². The van der Waals surface area contributed by atoms with Gasteiger partial charge >= 0.3 is 0 Å². The number of para-hydroxylation sites is 4. The number of hydrogen-bond acceptors (Lipinski definition) is 3. The first-order valence-corrected chi connectivity index (χ1v) is 18.2. The molecule has 1 fully saturated rings. The zero-order chi connectivity index (χ0) is 50.1. The van der Waals surface area contributed by atoms with Crippen molar-refractivity contribution in [2.45, 2.75) is 37.8 Å². The lowest BCUT2D eigenvalue weighted by molar-refractivity contribution is 0.443. The summed E-state index contributed by atoms with van der Waals surface area (Å²) in [5.74, 6) is -4.43. The minimum absolute atomic E-state index is 0.00758. The predicted octanol–water partition coefficient (Wildman–Crippen LogP) is 13.2. The minimum atomic E-state index is -4.01. The van der Waals surface area contributed by atoms with Crippen LogP contribution in [0, 0.1) is 0 Å². The molecule has 1 saturated carbocycles. The Kier molecular flexibility index (Phi) is 4.44. The zero-order valence-electron chi connectivity index (χ0n) is 44.4. The van der Waals surface area contributed by atoms with E-state index in [2.05, 4.69) is 34.7 Å². The number of benzene rings is 7. The molecular formula is C51H37N5. The molecule has 4 heterocycles. The highest BCUT2D eigenvalue weighted by molar-refractivity contribution is 6.27. The van der Waals surface area contributed by atoms with Crippen LogP contribution >= 0.6 is 0 Å². The zero-order valence-corrected chi connectivity index (χ0v) is 29.4. The van der Waals surface area contributed by atoms with Crippen molar-refractivity contribution in [3.8, 4) is 39.9 Å². The summed E-state index contributed by atoms with van der Waals surface area (Å²) >= 11 is 0. The Balaban J connectivity index is 1.18. The number of aromatic nitrogens is 5. The Bertz CT molecular complexity index is 4000. The van der Waals surface area contributed by atoms with E-state index in [9.17, 15) is 4.11 Å². The number of hydrogen-bond donors (Lipinski definition) is 0. The Labute approximate surface area is 345 Å². The second-order valence-corrected chi connectivity index (χ2v) is 13.7. The molecule has 0 N–H and O–H groups in total. The monoisotopic (exact) mass is 734 g/mol. The number of rotatable bonds is 5. The van der Waals surface area contributed by atoms with Crippen LogP contribution in [-0.2, 0) is 0 Å². The van der Waals surface area contributed by atoms with Crippen molar-refractivity contribution >= 4 is 59.9 Å². The molecule has 266 valence electrons. The smallest absolute Gasteiger partial charge is 0.238 e. The molecule has 5 heteroatoms. The second-order valence-electron chi connectivity index (χ2n) is 13.7. The van der Waals surface area contributed by atoms with Gasteiger partial charge in [-0.1, -0.05) is 146 Å². The molecule has 11 aromatic rings. The molecular weight excluding hydrogens is 683 g/mol. The van der Waals surface area contributed by atoms with E-state index in [1.165, 1.54) is 0 Å². The predicted molar refractivity (Wildman–Crippen MR) is 231 cm³/mol. The molecule has 0 spiro atoms. The maximum atomic E-state index is 9.72. The fourth-order valence-corrected chi connectivity index (χ4v) is 8.39. The average Bonchev–Trinajstić information content (AvgIpc) is 4.00. The van der Waals surface area contributed by atoms with E-state index < -0.39 is 78.9 Å². The molecule has 12 rings (SSSR count). The lowest BCUT2D eigenvalue weighted by Crippen LogP contribution is -2.07. The average molecular weight is 735 g/mol. The number of fused-ring (bicyclic) bond motifs is 9. The van der Waals surface area contributed by atoms with Crippen LogP contribution in [0.1, 0.15) is 63.9 Å². The van der Waals surface area contributed by atoms with Crippen LogP contribution in [0.3, 0.4) is 0 Å². The van der Waals surface area contributed by atoms with Gasteiger partial charge in [0.1, 0.15) is 0 Å². The van der Waals surface area contributed by atoms with E-state index in [-0.39, 0.29) is 11.8 Å². The van der Waals surface area contributed by atoms with Crippen molar-refractivity contribution in [2.75, 3.05) is 0 Å². The van der Waals surface area contributed by atoms with Gasteiger partial charge in [-0.2, -0.15) is 9.97 Å². The van der Waals surface area contributed by atoms with Crippen LogP contribution < -0.4 is 0 Å². The Hall–Kier alpha value is -6.85. The van der Waals surface area contributed by atoms with Crippen molar-refractivity contribution in [2.24, 2.45) is 0 Å². The van der Waals surface area contributed by atoms with Gasteiger partial charge in [-0.05, 0) is 65.6 Å². The molecule has 7 aromatic carbocycles. The molecule has 0 unspecified atom stereocenters. The molecule has 1 aliphatic rings. The highest BCUT2D eigenvalue weighted by Crippen LogP contribution is 2.45. The van der Waals surface area contributed by atoms with E-state index in [1.807, 2.05) is 91.0 Å². The fourth-order valence-electron chi connectivity index (χ4n) is 8.39. The molecule has 0 atom stereocenters. The van der Waals surface area contributed by atoms with Crippen LogP contribution in [0.5, 0.6) is 0 Å². The lowest BCUT2D eigenvalue weighted by Gasteiger charge is -2.22. The molecule has 0 amide bonds. The van der Waals surface area contributed by atoms with Crippen LogP contribution in [0.4, 0.5) is 0 Å². The first-order valence-electron chi connectivity index (χ1n) is 25.7. The summed E-state index contributed by atoms with van der Waals surface area (Å²) in [6.45, 7) is 0. The highest BCUT2D eigenvalue weighted by Gasteiger charge is 2.24. The van der Waals surface area contributed by atoms with Gasteiger partial charge in [0.2, 0.25) is 5.95 Å². The normalized spacial score (nSPS) is 23.0. The van der Waals surface area contributed by atoms with E-state index in [4.69, 9.17) is 31.4 Å². The summed E-state index contributed by atoms with van der Waals surface area (Å²) in [5.41, 5.74) is 4.35. The van der Waals surface area contributed by atoms with Crippen molar-refractivity contribution in [1.82, 2.24) is 23.9 Å². The Morgan fingerprint density at radius 3 is 1.86 bits per heavy atom. The van der Waals surface area contributed by atoms with Crippen molar-refractivity contribution in [3.05, 3.63) is 163 Å². The van der Waals surface area contributed by atoms with E-state index >= 15 is 0 Å². The largest absolute Gasteiger partial charge is 0.308 e. The molecule has 0 aliphatic heterocycles. The summed E-state index contributed by atoms with van der Waals surface area (Å²) in [6.07, 6.45) is -19.8. The van der Waals surface area contributed by atoms with Gasteiger partial charge in [0.05, 0.1) is 33.1 Å². The van der Waals surface area contributed by atoms with Gasteiger partial charge in [-0.3, -0.25) is 4.57 Å². The van der Waals surface area contributed by atoms with Crippen LogP contribution in [0.25, 0.3) is 99.8 Å². The summed E-state index contributed by atoms with van der Waals surface area (Å²) in [6, 6.07) is 38.6. The van der Waals surface area contributed by atoms with Gasteiger partial charge in [-0.25, -0.2) is 4.98 Å². The Morgan fingerprint density at radius 2 is 1.12 bits per heavy atom. The van der Waals surface area contributed by atoms with Gasteiger partial charge in [0.15, 0.2) is 11.6 Å². The summed E-state index contributed by atoms with van der Waals surface area (Å²) in [5, 5.41) is 5.73. The second kappa shape index (κ2) is 12.3. The third-order valence-electron chi connectivity index (χ3n) is 10.7. The number of nitrogens with zero attached hydrogens (tertiary/aromatic N) is 5. The van der Waals surface area contributed by atoms with Crippen LogP contribution in [0.2, 0.25) is 0 Å². The molecule has 0 bridgehead atoms. The summed E-state index contributed by atoms with van der Waals surface area (Å²) < 4.78 is 138. The molecule has 4 aromatic heterocycles. The van der Waals surface area contributed by atoms with Crippen LogP contribution in [0.15, 0.2) is 158 Å². The Morgan fingerprint density at radius 1 is 0.536 bits per heavy atom. The quantitative estimate of drug-likeness (QED) is 0.177. The third kappa shape index (κ3) is 4.64. The molecule has 0 saturated heterocycles.